The second-order valence-corrected chi connectivity index (χ2v) is 20.4. The summed E-state index contributed by atoms with van der Waals surface area (Å²) in [6.45, 7) is 12.2. The molecule has 0 radical (unpaired) electrons. The maximum absolute atomic E-state index is 6.71. The van der Waals surface area contributed by atoms with Crippen LogP contribution in [0.15, 0.2) is 12.2 Å². The molecule has 33 heavy (non-hydrogen) atoms. The van der Waals surface area contributed by atoms with Crippen LogP contribution in [-0.2, 0) is 18.7 Å². The number of methoxy groups -OCH3 is 1. The lowest BCUT2D eigenvalue weighted by Crippen LogP contribution is -2.38. The summed E-state index contributed by atoms with van der Waals surface area (Å²) in [5, 5.41) is 0. The monoisotopic (exact) mass is 574 g/mol. The second kappa shape index (κ2) is 16.9. The van der Waals surface area contributed by atoms with Gasteiger partial charge in [-0.1, -0.05) is 36.3 Å². The van der Waals surface area contributed by atoms with Crippen molar-refractivity contribution >= 4 is 50.5 Å². The van der Waals surface area contributed by atoms with Crippen molar-refractivity contribution in [2.45, 2.75) is 96.2 Å². The molecule has 0 N–H and O–H groups in total. The average molecular weight is 574 g/mol. The molecule has 2 rings (SSSR count). The zero-order valence-corrected chi connectivity index (χ0v) is 27.4. The highest BCUT2D eigenvalue weighted by Gasteiger charge is 2.45. The Morgan fingerprint density at radius 1 is 1.27 bits per heavy atom. The van der Waals surface area contributed by atoms with E-state index in [4.69, 9.17) is 18.7 Å². The van der Waals surface area contributed by atoms with Gasteiger partial charge < -0.3 is 18.7 Å². The lowest BCUT2D eigenvalue weighted by molar-refractivity contribution is -0.0727. The Morgan fingerprint density at radius 2 is 2.03 bits per heavy atom. The SMILES string of the molecule is C=C1[C@H](C)C[C@H](CCCOP(P)PP)O[C@@H]1CC1O[C@H](C[C@H](C)CCPP)[C@H](OC)[C@H]1CC. The molecule has 2 aliphatic rings. The first-order chi connectivity index (χ1) is 15.8. The average Bonchev–Trinajstić information content (AvgIpc) is 3.13. The van der Waals surface area contributed by atoms with Crippen LogP contribution in [0.1, 0.15) is 65.7 Å². The van der Waals surface area contributed by atoms with Crippen LogP contribution in [0.25, 0.3) is 0 Å². The van der Waals surface area contributed by atoms with Gasteiger partial charge in [-0.05, 0) is 70.1 Å². The van der Waals surface area contributed by atoms with E-state index in [-0.39, 0.29) is 38.0 Å². The van der Waals surface area contributed by atoms with Gasteiger partial charge in [0.1, 0.15) is 0 Å². The van der Waals surface area contributed by atoms with Crippen LogP contribution in [-0.4, -0.2) is 50.4 Å². The van der Waals surface area contributed by atoms with Crippen LogP contribution >= 0.6 is 50.5 Å². The summed E-state index contributed by atoms with van der Waals surface area (Å²) in [7, 11) is 11.7. The van der Waals surface area contributed by atoms with E-state index in [1.807, 2.05) is 7.11 Å². The third kappa shape index (κ3) is 10.1. The number of hydrogen-bond donors (Lipinski definition) is 0. The van der Waals surface area contributed by atoms with Crippen molar-refractivity contribution in [2.75, 3.05) is 19.9 Å². The molecular weight excluding hydrogens is 526 g/mol. The van der Waals surface area contributed by atoms with Crippen molar-refractivity contribution in [3.63, 3.8) is 0 Å². The minimum atomic E-state index is -0.346. The van der Waals surface area contributed by atoms with Crippen LogP contribution in [0.2, 0.25) is 0 Å². The zero-order chi connectivity index (χ0) is 24.4. The molecule has 2 heterocycles. The molecule has 4 nitrogen and oxygen atoms in total. The third-order valence-electron chi connectivity index (χ3n) is 7.27. The molecule has 7 unspecified atom stereocenters. The topological polar surface area (TPSA) is 36.9 Å². The van der Waals surface area contributed by atoms with Crippen LogP contribution in [0.5, 0.6) is 0 Å². The predicted octanol–water partition coefficient (Wildman–Crippen LogP) is 7.79. The number of hydrogen-bond acceptors (Lipinski definition) is 4. The van der Waals surface area contributed by atoms with Gasteiger partial charge >= 0.3 is 0 Å². The summed E-state index contributed by atoms with van der Waals surface area (Å²) in [6.07, 6.45) is 9.71. The van der Waals surface area contributed by atoms with Gasteiger partial charge in [0.2, 0.25) is 0 Å². The molecule has 0 aliphatic carbocycles. The molecule has 14 atom stereocenters. The summed E-state index contributed by atoms with van der Waals surface area (Å²) in [5.74, 6) is 1.58. The Hall–Kier alpha value is 2.16. The maximum Gasteiger partial charge on any atom is 0.0885 e. The standard InChI is InChI=1S/C23H48O4P6/c1-6-19-21(27-22(23(19)24-5)12-15(2)9-11-31-28)14-20-17(4)16(3)13-18(26-20)8-7-10-25-33(30)32-29/h15-16,18-23,31-32H,4,6-14,28-30H2,1-3,5H3/t15-,16-,18+,19+,20-,21?,22-,23-,33?/m1/s1. The van der Waals surface area contributed by atoms with Gasteiger partial charge in [-0.25, -0.2) is 0 Å². The fraction of sp³-hybridized carbons (Fsp3) is 0.913. The fourth-order valence-corrected chi connectivity index (χ4v) is 8.37. The van der Waals surface area contributed by atoms with Gasteiger partial charge in [0.15, 0.2) is 0 Å². The molecular formula is C23H48O4P6. The highest BCUT2D eigenvalue weighted by atomic mass is 32.6. The minimum absolute atomic E-state index is 0.0816. The Kier molecular flexibility index (Phi) is 16.1. The molecule has 2 aliphatic heterocycles. The van der Waals surface area contributed by atoms with E-state index in [1.54, 1.807) is 0 Å². The van der Waals surface area contributed by atoms with E-state index in [9.17, 15) is 0 Å². The van der Waals surface area contributed by atoms with E-state index in [0.29, 0.717) is 17.8 Å². The van der Waals surface area contributed by atoms with E-state index in [1.165, 1.54) is 18.2 Å². The fourth-order valence-electron chi connectivity index (χ4n) is 5.33. The van der Waals surface area contributed by atoms with Crippen LogP contribution in [0.4, 0.5) is 0 Å². The van der Waals surface area contributed by atoms with Crippen LogP contribution < -0.4 is 0 Å². The molecule has 0 aromatic heterocycles. The van der Waals surface area contributed by atoms with E-state index in [0.717, 1.165) is 61.4 Å². The van der Waals surface area contributed by atoms with Crippen molar-refractivity contribution in [1.29, 1.82) is 0 Å². The Morgan fingerprint density at radius 3 is 2.67 bits per heavy atom. The van der Waals surface area contributed by atoms with Crippen molar-refractivity contribution in [3.05, 3.63) is 12.2 Å². The summed E-state index contributed by atoms with van der Waals surface area (Å²) >= 11 is 0. The van der Waals surface area contributed by atoms with Crippen LogP contribution in [0, 0.1) is 17.8 Å². The first-order valence-corrected chi connectivity index (χ1v) is 22.0. The Balaban J connectivity index is 1.95. The molecule has 0 spiro atoms. The van der Waals surface area contributed by atoms with Gasteiger partial charge in [0.05, 0.1) is 44.7 Å². The highest BCUT2D eigenvalue weighted by Crippen LogP contribution is 2.66. The summed E-state index contributed by atoms with van der Waals surface area (Å²) in [5.41, 5.74) is 1.24. The first kappa shape index (κ1) is 31.4. The van der Waals surface area contributed by atoms with E-state index < -0.39 is 0 Å². The van der Waals surface area contributed by atoms with Crippen molar-refractivity contribution in [2.24, 2.45) is 17.8 Å². The van der Waals surface area contributed by atoms with Crippen molar-refractivity contribution in [1.82, 2.24) is 0 Å². The van der Waals surface area contributed by atoms with Gasteiger partial charge in [0, 0.05) is 19.4 Å². The lowest BCUT2D eigenvalue weighted by Gasteiger charge is -2.38. The molecule has 0 aromatic carbocycles. The third-order valence-corrected chi connectivity index (χ3v) is 17.3. The second-order valence-electron chi connectivity index (χ2n) is 9.69. The summed E-state index contributed by atoms with van der Waals surface area (Å²) < 4.78 is 25.2. The normalized spacial score (nSPS) is 35.2. The molecule has 194 valence electrons. The highest BCUT2D eigenvalue weighted by molar-refractivity contribution is 8.59. The molecule has 0 saturated carbocycles. The lowest BCUT2D eigenvalue weighted by atomic mass is 9.82. The molecule has 0 aromatic rings. The maximum atomic E-state index is 6.71. The predicted molar refractivity (Wildman–Crippen MR) is 161 cm³/mol. The van der Waals surface area contributed by atoms with E-state index in [2.05, 4.69) is 54.1 Å². The van der Waals surface area contributed by atoms with Crippen LogP contribution in [0.3, 0.4) is 0 Å². The van der Waals surface area contributed by atoms with E-state index >= 15 is 0 Å². The summed E-state index contributed by atoms with van der Waals surface area (Å²) in [6, 6.07) is 0. The van der Waals surface area contributed by atoms with Gasteiger partial charge in [-0.15, -0.1) is 26.1 Å². The molecule has 2 saturated heterocycles. The minimum Gasteiger partial charge on any atom is -0.378 e. The largest absolute Gasteiger partial charge is 0.378 e. The smallest absolute Gasteiger partial charge is 0.0885 e. The molecule has 0 bridgehead atoms. The first-order valence-electron chi connectivity index (χ1n) is 12.4. The quantitative estimate of drug-likeness (QED) is 0.114. The number of ether oxygens (including phenoxy) is 3. The van der Waals surface area contributed by atoms with Crippen molar-refractivity contribution in [3.8, 4) is 0 Å². The molecule has 2 fully saturated rings. The van der Waals surface area contributed by atoms with Crippen molar-refractivity contribution < 1.29 is 18.7 Å². The summed E-state index contributed by atoms with van der Waals surface area (Å²) in [4.78, 5) is 0. The Labute approximate surface area is 215 Å². The van der Waals surface area contributed by atoms with Gasteiger partial charge in [-0.3, -0.25) is 0 Å². The zero-order valence-electron chi connectivity index (χ0n) is 21.0. The number of rotatable bonds is 15. The Bertz CT molecular complexity index is 571. The van der Waals surface area contributed by atoms with Gasteiger partial charge in [0.25, 0.3) is 0 Å². The van der Waals surface area contributed by atoms with Gasteiger partial charge in [-0.2, -0.15) is 0 Å². The molecule has 0 amide bonds. The molecule has 10 heteroatoms.